The van der Waals surface area contributed by atoms with E-state index < -0.39 is 15.4 Å². The predicted molar refractivity (Wildman–Crippen MR) is 151 cm³/mol. The molecule has 1 aliphatic heterocycles. The molecule has 37 heavy (non-hydrogen) atoms. The molecule has 4 aromatic rings. The Morgan fingerprint density at radius 1 is 0.730 bits per heavy atom. The lowest BCUT2D eigenvalue weighted by Gasteiger charge is -2.34. The number of nitrogens with zero attached hydrogens (tertiary/aromatic N) is 1. The van der Waals surface area contributed by atoms with Gasteiger partial charge in [0.05, 0.1) is 10.3 Å². The van der Waals surface area contributed by atoms with Crippen LogP contribution in [0.2, 0.25) is 0 Å². The second-order valence-electron chi connectivity index (χ2n) is 9.94. The highest BCUT2D eigenvalue weighted by atomic mass is 32.2. The normalized spacial score (nSPS) is 16.3. The van der Waals surface area contributed by atoms with Gasteiger partial charge in [-0.2, -0.15) is 0 Å². The van der Waals surface area contributed by atoms with Gasteiger partial charge in [0.15, 0.2) is 0 Å². The Morgan fingerprint density at radius 3 is 1.81 bits per heavy atom. The molecule has 0 radical (unpaired) electrons. The van der Waals surface area contributed by atoms with Gasteiger partial charge in [0.25, 0.3) is 10.0 Å². The van der Waals surface area contributed by atoms with Gasteiger partial charge >= 0.3 is 0 Å². The average molecular weight is 508 g/mol. The van der Waals surface area contributed by atoms with Crippen molar-refractivity contribution in [3.63, 3.8) is 0 Å². The number of allylic oxidation sites excluding steroid dienone is 2. The zero-order valence-corrected chi connectivity index (χ0v) is 22.5. The Bertz CT molecular complexity index is 1460. The third-order valence-corrected chi connectivity index (χ3v) is 9.51. The minimum Gasteiger partial charge on any atom is -0.269 e. The van der Waals surface area contributed by atoms with Gasteiger partial charge in [-0.3, -0.25) is 4.31 Å². The zero-order chi connectivity index (χ0) is 26.0. The number of hydrogen-bond acceptors (Lipinski definition) is 2. The predicted octanol–water partition coefficient (Wildman–Crippen LogP) is 7.12. The van der Waals surface area contributed by atoms with E-state index in [1.165, 1.54) is 16.7 Å². The minimum absolute atomic E-state index is 0.327. The van der Waals surface area contributed by atoms with Crippen LogP contribution in [0.1, 0.15) is 39.8 Å². The summed E-state index contributed by atoms with van der Waals surface area (Å²) in [6, 6.07) is 34.2. The lowest BCUT2D eigenvalue weighted by molar-refractivity contribution is 0.506. The fourth-order valence-electron chi connectivity index (χ4n) is 5.66. The summed E-state index contributed by atoms with van der Waals surface area (Å²) >= 11 is 0. The van der Waals surface area contributed by atoms with Crippen molar-refractivity contribution in [2.45, 2.75) is 43.9 Å². The molecule has 1 aliphatic rings. The first-order valence-electron chi connectivity index (χ1n) is 12.8. The molecular formula is C33H33NO2S. The van der Waals surface area contributed by atoms with E-state index in [9.17, 15) is 8.42 Å². The van der Waals surface area contributed by atoms with E-state index in [0.717, 1.165) is 22.4 Å². The van der Waals surface area contributed by atoms with Crippen LogP contribution < -0.4 is 0 Å². The molecule has 5 rings (SSSR count). The molecule has 4 heteroatoms. The van der Waals surface area contributed by atoms with E-state index in [0.29, 0.717) is 24.3 Å². The standard InChI is InChI=1S/C33H33NO2S/c1-25-17-19-30(20-18-25)37(35,36)34-24-23-33(28-13-6-4-7-14-28,29-15-8-5-9-16-29)32(34)22-21-31-26(2)11-10-12-27(31)3/h4-20,22H,21,23-24H2,1-3H3/b32-22+. The molecule has 4 aromatic carbocycles. The SMILES string of the molecule is Cc1ccc(S(=O)(=O)N2CCC(c3ccccc3)(c3ccccc3)/C2=C\Cc2c(C)cccc2C)cc1. The molecule has 1 saturated heterocycles. The summed E-state index contributed by atoms with van der Waals surface area (Å²) < 4.78 is 29.9. The first-order chi connectivity index (χ1) is 17.8. The van der Waals surface area contributed by atoms with E-state index >= 15 is 0 Å². The topological polar surface area (TPSA) is 37.4 Å². The fraction of sp³-hybridized carbons (Fsp3) is 0.212. The van der Waals surface area contributed by atoms with Crippen molar-refractivity contribution in [3.05, 3.63) is 148 Å². The summed E-state index contributed by atoms with van der Waals surface area (Å²) in [4.78, 5) is 0.327. The molecule has 0 saturated carbocycles. The van der Waals surface area contributed by atoms with Crippen molar-refractivity contribution in [1.82, 2.24) is 4.31 Å². The summed E-state index contributed by atoms with van der Waals surface area (Å²) in [7, 11) is -3.75. The highest BCUT2D eigenvalue weighted by Crippen LogP contribution is 2.50. The van der Waals surface area contributed by atoms with Crippen LogP contribution in [-0.2, 0) is 21.9 Å². The number of benzene rings is 4. The molecule has 1 heterocycles. The maximum Gasteiger partial charge on any atom is 0.264 e. The van der Waals surface area contributed by atoms with E-state index in [1.54, 1.807) is 16.4 Å². The monoisotopic (exact) mass is 507 g/mol. The van der Waals surface area contributed by atoms with E-state index in [1.807, 2.05) is 55.5 Å². The summed E-state index contributed by atoms with van der Waals surface area (Å²) in [6.07, 6.45) is 3.49. The average Bonchev–Trinajstić information content (AvgIpc) is 3.31. The molecule has 1 fully saturated rings. The highest BCUT2D eigenvalue weighted by molar-refractivity contribution is 7.89. The number of rotatable bonds is 6. The van der Waals surface area contributed by atoms with Crippen LogP contribution in [-0.4, -0.2) is 19.3 Å². The van der Waals surface area contributed by atoms with Crippen LogP contribution >= 0.6 is 0 Å². The number of aryl methyl sites for hydroxylation is 3. The quantitative estimate of drug-likeness (QED) is 0.279. The van der Waals surface area contributed by atoms with Gasteiger partial charge in [-0.1, -0.05) is 103 Å². The van der Waals surface area contributed by atoms with Crippen LogP contribution in [0.5, 0.6) is 0 Å². The molecule has 0 aromatic heterocycles. The molecule has 0 N–H and O–H groups in total. The van der Waals surface area contributed by atoms with Gasteiger partial charge in [-0.15, -0.1) is 0 Å². The lowest BCUT2D eigenvalue weighted by atomic mass is 9.71. The van der Waals surface area contributed by atoms with Gasteiger partial charge in [-0.05, 0) is 73.6 Å². The van der Waals surface area contributed by atoms with Crippen molar-refractivity contribution in [2.75, 3.05) is 6.54 Å². The summed E-state index contributed by atoms with van der Waals surface area (Å²) in [5, 5.41) is 0. The van der Waals surface area contributed by atoms with Crippen LogP contribution in [0.15, 0.2) is 120 Å². The molecule has 0 bridgehead atoms. The first kappa shape index (κ1) is 25.0. The smallest absolute Gasteiger partial charge is 0.264 e. The number of sulfonamides is 1. The maximum atomic E-state index is 14.1. The lowest BCUT2D eigenvalue weighted by Crippen LogP contribution is -2.33. The summed E-state index contributed by atoms with van der Waals surface area (Å²) in [5.74, 6) is 0. The molecule has 3 nitrogen and oxygen atoms in total. The van der Waals surface area contributed by atoms with Gasteiger partial charge in [-0.25, -0.2) is 8.42 Å². The van der Waals surface area contributed by atoms with E-state index in [2.05, 4.69) is 62.4 Å². The molecule has 0 aliphatic carbocycles. The molecule has 0 spiro atoms. The van der Waals surface area contributed by atoms with E-state index in [4.69, 9.17) is 0 Å². The molecular weight excluding hydrogens is 474 g/mol. The second-order valence-corrected chi connectivity index (χ2v) is 11.8. The first-order valence-corrected chi connectivity index (χ1v) is 14.2. The van der Waals surface area contributed by atoms with Crippen LogP contribution in [0, 0.1) is 20.8 Å². The Labute approximate surface area is 221 Å². The van der Waals surface area contributed by atoms with Crippen LogP contribution in [0.4, 0.5) is 0 Å². The third-order valence-electron chi connectivity index (χ3n) is 7.68. The summed E-state index contributed by atoms with van der Waals surface area (Å²) in [5.41, 5.74) is 7.18. The van der Waals surface area contributed by atoms with Gasteiger partial charge in [0.2, 0.25) is 0 Å². The Morgan fingerprint density at radius 2 is 1.27 bits per heavy atom. The Balaban J connectivity index is 1.74. The van der Waals surface area contributed by atoms with Gasteiger partial charge in [0.1, 0.15) is 0 Å². The maximum absolute atomic E-state index is 14.1. The summed E-state index contributed by atoms with van der Waals surface area (Å²) in [6.45, 7) is 6.63. The molecule has 0 atom stereocenters. The molecule has 0 amide bonds. The van der Waals surface area contributed by atoms with Gasteiger partial charge in [0, 0.05) is 12.2 Å². The zero-order valence-electron chi connectivity index (χ0n) is 21.7. The van der Waals surface area contributed by atoms with Crippen molar-refractivity contribution >= 4 is 10.0 Å². The third kappa shape index (κ3) is 4.51. The van der Waals surface area contributed by atoms with Crippen molar-refractivity contribution < 1.29 is 8.42 Å². The fourth-order valence-corrected chi connectivity index (χ4v) is 7.22. The number of hydrogen-bond donors (Lipinski definition) is 0. The largest absolute Gasteiger partial charge is 0.269 e. The van der Waals surface area contributed by atoms with Crippen molar-refractivity contribution in [1.29, 1.82) is 0 Å². The van der Waals surface area contributed by atoms with Crippen molar-refractivity contribution in [2.24, 2.45) is 0 Å². The highest BCUT2D eigenvalue weighted by Gasteiger charge is 2.49. The van der Waals surface area contributed by atoms with Gasteiger partial charge < -0.3 is 0 Å². The second kappa shape index (κ2) is 10.0. The molecule has 188 valence electrons. The minimum atomic E-state index is -3.75. The van der Waals surface area contributed by atoms with Crippen LogP contribution in [0.3, 0.4) is 0 Å². The van der Waals surface area contributed by atoms with Crippen molar-refractivity contribution in [3.8, 4) is 0 Å². The molecule has 0 unspecified atom stereocenters. The Hall–Kier alpha value is -3.63. The van der Waals surface area contributed by atoms with E-state index in [-0.39, 0.29) is 0 Å². The Kier molecular flexibility index (Phi) is 6.78. The van der Waals surface area contributed by atoms with Crippen LogP contribution in [0.25, 0.3) is 0 Å².